The monoisotopic (exact) mass is 386 g/mol. The molecule has 7 heteroatoms. The molecule has 1 N–H and O–H groups in total. The van der Waals surface area contributed by atoms with Crippen molar-refractivity contribution in [1.82, 2.24) is 4.57 Å². The molecule has 6 nitrogen and oxygen atoms in total. The first kappa shape index (κ1) is 19.0. The highest BCUT2D eigenvalue weighted by atomic mass is 32.2. The van der Waals surface area contributed by atoms with Crippen LogP contribution in [-0.4, -0.2) is 31.8 Å². The third-order valence-corrected chi connectivity index (χ3v) is 4.93. The Hall–Kier alpha value is -2.80. The molecule has 1 heterocycles. The fourth-order valence-corrected chi connectivity index (χ4v) is 3.87. The van der Waals surface area contributed by atoms with Gasteiger partial charge in [0, 0.05) is 16.8 Å². The van der Waals surface area contributed by atoms with E-state index in [0.29, 0.717) is 16.6 Å². The summed E-state index contributed by atoms with van der Waals surface area (Å²) in [6, 6.07) is 13.3. The number of aryl methyl sites for hydroxylation is 1. The predicted octanol–water partition coefficient (Wildman–Crippen LogP) is 3.80. The van der Waals surface area contributed by atoms with Crippen molar-refractivity contribution in [2.75, 3.05) is 17.6 Å². The van der Waals surface area contributed by atoms with E-state index in [2.05, 4.69) is 4.72 Å². The van der Waals surface area contributed by atoms with E-state index in [4.69, 9.17) is 4.74 Å². The summed E-state index contributed by atoms with van der Waals surface area (Å²) in [5, 5.41) is 0.645. The van der Waals surface area contributed by atoms with Gasteiger partial charge in [0.15, 0.2) is 0 Å². The molecule has 0 spiro atoms. The Balaban J connectivity index is 2.35. The second-order valence-electron chi connectivity index (χ2n) is 6.41. The molecule has 0 bridgehead atoms. The number of hydrogen-bond acceptors (Lipinski definition) is 4. The molecule has 0 aliphatic carbocycles. The summed E-state index contributed by atoms with van der Waals surface area (Å²) in [5.74, 6) is -0.427. The minimum Gasteiger partial charge on any atom is -0.462 e. The van der Waals surface area contributed by atoms with Gasteiger partial charge in [-0.3, -0.25) is 4.72 Å². The van der Waals surface area contributed by atoms with Crippen molar-refractivity contribution in [3.05, 3.63) is 59.3 Å². The highest BCUT2D eigenvalue weighted by Crippen LogP contribution is 2.34. The molecule has 0 amide bonds. The summed E-state index contributed by atoms with van der Waals surface area (Å²) in [6.45, 7) is 5.70. The molecule has 0 unspecified atom stereocenters. The van der Waals surface area contributed by atoms with Gasteiger partial charge in [-0.25, -0.2) is 13.2 Å². The number of anilines is 1. The molecule has 27 heavy (non-hydrogen) atoms. The van der Waals surface area contributed by atoms with E-state index in [9.17, 15) is 13.2 Å². The fourth-order valence-electron chi connectivity index (χ4n) is 3.25. The van der Waals surface area contributed by atoms with Gasteiger partial charge in [0.05, 0.1) is 29.6 Å². The molecule has 0 saturated heterocycles. The lowest BCUT2D eigenvalue weighted by Crippen LogP contribution is -2.11. The normalized spacial score (nSPS) is 11.6. The van der Waals surface area contributed by atoms with Crippen LogP contribution in [0.25, 0.3) is 16.6 Å². The number of hydrogen-bond donors (Lipinski definition) is 1. The van der Waals surface area contributed by atoms with E-state index in [-0.39, 0.29) is 6.61 Å². The van der Waals surface area contributed by atoms with Crippen molar-refractivity contribution in [1.29, 1.82) is 0 Å². The number of nitrogens with one attached hydrogen (secondary N) is 1. The van der Waals surface area contributed by atoms with Crippen LogP contribution in [0.15, 0.2) is 42.5 Å². The maximum Gasteiger partial charge on any atom is 0.340 e. The topological polar surface area (TPSA) is 77.4 Å². The second-order valence-corrected chi connectivity index (χ2v) is 8.16. The molecular weight excluding hydrogens is 364 g/mol. The average molecular weight is 386 g/mol. The summed E-state index contributed by atoms with van der Waals surface area (Å²) >= 11 is 0. The molecule has 3 rings (SSSR count). The van der Waals surface area contributed by atoms with Crippen LogP contribution in [0, 0.1) is 13.8 Å². The van der Waals surface area contributed by atoms with E-state index >= 15 is 0 Å². The van der Waals surface area contributed by atoms with Crippen LogP contribution >= 0.6 is 0 Å². The van der Waals surface area contributed by atoms with Crippen molar-refractivity contribution >= 4 is 32.6 Å². The smallest absolute Gasteiger partial charge is 0.340 e. The Kier molecular flexibility index (Phi) is 4.97. The number of rotatable bonds is 5. The Morgan fingerprint density at radius 1 is 1.15 bits per heavy atom. The number of carbonyl (C=O) groups excluding carboxylic acids is 1. The molecule has 0 aliphatic heterocycles. The summed E-state index contributed by atoms with van der Waals surface area (Å²) < 4.78 is 33.1. The van der Waals surface area contributed by atoms with Crippen molar-refractivity contribution in [2.45, 2.75) is 20.8 Å². The molecule has 0 aliphatic rings. The summed E-state index contributed by atoms with van der Waals surface area (Å²) in [7, 11) is -3.44. The van der Waals surface area contributed by atoms with Crippen LogP contribution in [0.2, 0.25) is 0 Å². The maximum atomic E-state index is 12.6. The number of carbonyl (C=O) groups is 1. The summed E-state index contributed by atoms with van der Waals surface area (Å²) in [4.78, 5) is 12.6. The minimum absolute atomic E-state index is 0.261. The fraction of sp³-hybridized carbons (Fsp3) is 0.250. The van der Waals surface area contributed by atoms with Crippen LogP contribution in [0.5, 0.6) is 0 Å². The maximum absolute atomic E-state index is 12.6. The number of ether oxygens (including phenoxy) is 1. The van der Waals surface area contributed by atoms with Gasteiger partial charge < -0.3 is 9.30 Å². The van der Waals surface area contributed by atoms with Crippen LogP contribution in [0.4, 0.5) is 5.69 Å². The number of aromatic nitrogens is 1. The zero-order valence-corrected chi connectivity index (χ0v) is 16.6. The van der Waals surface area contributed by atoms with Crippen LogP contribution in [-0.2, 0) is 14.8 Å². The van der Waals surface area contributed by atoms with E-state index in [0.717, 1.165) is 28.7 Å². The van der Waals surface area contributed by atoms with Crippen molar-refractivity contribution < 1.29 is 17.9 Å². The molecular formula is C20H22N2O4S. The van der Waals surface area contributed by atoms with Gasteiger partial charge in [-0.1, -0.05) is 18.2 Å². The van der Waals surface area contributed by atoms with Gasteiger partial charge in [-0.2, -0.15) is 0 Å². The lowest BCUT2D eigenvalue weighted by Gasteiger charge is -2.11. The SMILES string of the molecule is CCOC(=O)c1c(C)n(-c2ccccc2)c2cc(C)c(NS(C)(=O)=O)cc12. The number of nitrogens with zero attached hydrogens (tertiary/aromatic N) is 1. The number of para-hydroxylation sites is 1. The Morgan fingerprint density at radius 3 is 2.41 bits per heavy atom. The van der Waals surface area contributed by atoms with Crippen LogP contribution < -0.4 is 4.72 Å². The largest absolute Gasteiger partial charge is 0.462 e. The van der Waals surface area contributed by atoms with Gasteiger partial charge >= 0.3 is 5.97 Å². The van der Waals surface area contributed by atoms with Crippen molar-refractivity contribution in [2.24, 2.45) is 0 Å². The number of sulfonamides is 1. The molecule has 1 aromatic heterocycles. The molecule has 0 fully saturated rings. The molecule has 142 valence electrons. The average Bonchev–Trinajstić information content (AvgIpc) is 2.86. The third-order valence-electron chi connectivity index (χ3n) is 4.34. The van der Waals surface area contributed by atoms with Crippen LogP contribution in [0.3, 0.4) is 0 Å². The Labute approximate surface area is 158 Å². The highest BCUT2D eigenvalue weighted by Gasteiger charge is 2.23. The van der Waals surface area contributed by atoms with Crippen LogP contribution in [0.1, 0.15) is 28.5 Å². The molecule has 3 aromatic rings. The summed E-state index contributed by atoms with van der Waals surface area (Å²) in [6.07, 6.45) is 1.10. The van der Waals surface area contributed by atoms with Gasteiger partial charge in [-0.05, 0) is 50.6 Å². The standard InChI is InChI=1S/C20H22N2O4S/c1-5-26-20(23)19-14(3)22(15-9-7-6-8-10-15)18-11-13(2)17(12-16(18)19)21-27(4,24)25/h6-12,21H,5H2,1-4H3. The number of fused-ring (bicyclic) bond motifs is 1. The molecule has 0 atom stereocenters. The lowest BCUT2D eigenvalue weighted by atomic mass is 10.1. The molecule has 2 aromatic carbocycles. The predicted molar refractivity (Wildman–Crippen MR) is 107 cm³/mol. The Bertz CT molecular complexity index is 1120. The molecule has 0 radical (unpaired) electrons. The number of esters is 1. The van der Waals surface area contributed by atoms with Crippen molar-refractivity contribution in [3.63, 3.8) is 0 Å². The van der Waals surface area contributed by atoms with Gasteiger partial charge in [0.2, 0.25) is 10.0 Å². The van der Waals surface area contributed by atoms with E-state index < -0.39 is 16.0 Å². The van der Waals surface area contributed by atoms with Crippen molar-refractivity contribution in [3.8, 4) is 5.69 Å². The lowest BCUT2D eigenvalue weighted by molar-refractivity contribution is 0.0527. The zero-order chi connectivity index (χ0) is 19.8. The zero-order valence-electron chi connectivity index (χ0n) is 15.7. The molecule has 0 saturated carbocycles. The minimum atomic E-state index is -3.44. The quantitative estimate of drug-likeness (QED) is 0.677. The van der Waals surface area contributed by atoms with E-state index in [1.807, 2.05) is 54.8 Å². The number of benzene rings is 2. The second kappa shape index (κ2) is 7.08. The van der Waals surface area contributed by atoms with E-state index in [1.54, 1.807) is 13.0 Å². The Morgan fingerprint density at radius 2 is 1.81 bits per heavy atom. The van der Waals surface area contributed by atoms with Gasteiger partial charge in [0.1, 0.15) is 0 Å². The first-order chi connectivity index (χ1) is 12.7. The first-order valence-electron chi connectivity index (χ1n) is 8.59. The summed E-state index contributed by atoms with van der Waals surface area (Å²) in [5.41, 5.74) is 4.12. The third kappa shape index (κ3) is 3.68. The van der Waals surface area contributed by atoms with Gasteiger partial charge in [-0.15, -0.1) is 0 Å². The highest BCUT2D eigenvalue weighted by molar-refractivity contribution is 7.92. The van der Waals surface area contributed by atoms with Gasteiger partial charge in [0.25, 0.3) is 0 Å². The first-order valence-corrected chi connectivity index (χ1v) is 10.5. The van der Waals surface area contributed by atoms with E-state index in [1.165, 1.54) is 0 Å².